The van der Waals surface area contributed by atoms with Crippen LogP contribution in [0.5, 0.6) is 0 Å². The molecule has 2 aliphatic heterocycles. The van der Waals surface area contributed by atoms with Gasteiger partial charge in [0.15, 0.2) is 0 Å². The molecular weight excluding hydrogens is 576 g/mol. The minimum Gasteiger partial charge on any atom is -0.465 e. The second-order valence-corrected chi connectivity index (χ2v) is 15.2. The Balaban J connectivity index is 1.40. The fraction of sp³-hybridized carbons (Fsp3) is 0.935. The Morgan fingerprint density at radius 1 is 0.814 bits per heavy atom. The highest BCUT2D eigenvalue weighted by Gasteiger charge is 2.42. The van der Waals surface area contributed by atoms with E-state index in [1.165, 1.54) is 6.26 Å². The molecule has 2 saturated heterocycles. The van der Waals surface area contributed by atoms with Crippen LogP contribution in [0.2, 0.25) is 0 Å². The quantitative estimate of drug-likeness (QED) is 0.417. The highest BCUT2D eigenvalue weighted by atomic mass is 32.2. The third kappa shape index (κ3) is 10.4. The SMILES string of the molecule is COC1CC2CC(OCCCC(OC(=O)C3CCC(S(C)(=O)=O)CC3)CCN3CCCN(CCCOC2=O)CC3)C1OC. The zero-order valence-electron chi connectivity index (χ0n) is 26.5. The van der Waals surface area contributed by atoms with Crippen molar-refractivity contribution in [3.8, 4) is 0 Å². The van der Waals surface area contributed by atoms with Crippen molar-refractivity contribution in [1.82, 2.24) is 9.80 Å². The Morgan fingerprint density at radius 2 is 1.51 bits per heavy atom. The van der Waals surface area contributed by atoms with Gasteiger partial charge in [-0.3, -0.25) is 9.59 Å². The summed E-state index contributed by atoms with van der Waals surface area (Å²) >= 11 is 0. The van der Waals surface area contributed by atoms with Crippen LogP contribution < -0.4 is 0 Å². The van der Waals surface area contributed by atoms with E-state index in [2.05, 4.69) is 9.80 Å². The number of cyclic esters (lactones) is 1. The maximum absolute atomic E-state index is 13.2. The van der Waals surface area contributed by atoms with Crippen molar-refractivity contribution in [1.29, 1.82) is 0 Å². The van der Waals surface area contributed by atoms with Crippen molar-refractivity contribution < 1.29 is 41.7 Å². The second kappa shape index (κ2) is 16.8. The lowest BCUT2D eigenvalue weighted by molar-refractivity contribution is -0.172. The van der Waals surface area contributed by atoms with E-state index in [9.17, 15) is 18.0 Å². The molecule has 2 saturated carbocycles. The van der Waals surface area contributed by atoms with Gasteiger partial charge in [0, 0.05) is 53.3 Å². The van der Waals surface area contributed by atoms with Gasteiger partial charge in [0.05, 0.1) is 35.9 Å². The van der Waals surface area contributed by atoms with Gasteiger partial charge >= 0.3 is 11.9 Å². The molecular formula is C31H54N2O9S. The number of ether oxygens (including phenoxy) is 5. The maximum Gasteiger partial charge on any atom is 0.309 e. The normalized spacial score (nSPS) is 37.7. The summed E-state index contributed by atoms with van der Waals surface area (Å²) in [6.07, 6.45) is 7.42. The first-order chi connectivity index (χ1) is 20.7. The molecule has 4 fully saturated rings. The zero-order chi connectivity index (χ0) is 30.8. The highest BCUT2D eigenvalue weighted by Crippen LogP contribution is 2.32. The summed E-state index contributed by atoms with van der Waals surface area (Å²) in [7, 11) is 0.195. The lowest BCUT2D eigenvalue weighted by Gasteiger charge is -2.39. The minimum absolute atomic E-state index is 0.192. The van der Waals surface area contributed by atoms with Crippen LogP contribution >= 0.6 is 0 Å². The largest absolute Gasteiger partial charge is 0.465 e. The van der Waals surface area contributed by atoms with Crippen molar-refractivity contribution in [2.24, 2.45) is 11.8 Å². The number of carbonyl (C=O) groups is 2. The summed E-state index contributed by atoms with van der Waals surface area (Å²) in [6.45, 7) is 6.57. The second-order valence-electron chi connectivity index (χ2n) is 12.9. The van der Waals surface area contributed by atoms with Crippen LogP contribution in [0.4, 0.5) is 0 Å². The zero-order valence-corrected chi connectivity index (χ0v) is 27.3. The van der Waals surface area contributed by atoms with Crippen molar-refractivity contribution in [3.63, 3.8) is 0 Å². The lowest BCUT2D eigenvalue weighted by atomic mass is 9.83. The molecule has 7 unspecified atom stereocenters. The van der Waals surface area contributed by atoms with Crippen molar-refractivity contribution in [2.45, 2.75) is 100 Å². The van der Waals surface area contributed by atoms with Crippen LogP contribution in [0.1, 0.15) is 70.6 Å². The summed E-state index contributed by atoms with van der Waals surface area (Å²) in [5.74, 6) is -0.941. The number of sulfone groups is 1. The molecule has 0 spiro atoms. The molecule has 0 N–H and O–H groups in total. The maximum atomic E-state index is 13.2. The van der Waals surface area contributed by atoms with Crippen LogP contribution in [0.3, 0.4) is 0 Å². The first kappa shape index (κ1) is 34.6. The van der Waals surface area contributed by atoms with Crippen LogP contribution in [0, 0.1) is 11.8 Å². The number of rotatable bonds is 5. The van der Waals surface area contributed by atoms with Gasteiger partial charge in [-0.25, -0.2) is 8.42 Å². The molecule has 11 nitrogen and oxygen atoms in total. The van der Waals surface area contributed by atoms with Gasteiger partial charge in [0.25, 0.3) is 0 Å². The van der Waals surface area contributed by atoms with Gasteiger partial charge in [-0.1, -0.05) is 0 Å². The van der Waals surface area contributed by atoms with Crippen LogP contribution in [0.25, 0.3) is 0 Å². The van der Waals surface area contributed by atoms with Crippen molar-refractivity contribution in [3.05, 3.63) is 0 Å². The van der Waals surface area contributed by atoms with Gasteiger partial charge in [-0.2, -0.15) is 0 Å². The highest BCUT2D eigenvalue weighted by molar-refractivity contribution is 7.91. The first-order valence-electron chi connectivity index (χ1n) is 16.4. The van der Waals surface area contributed by atoms with Crippen molar-refractivity contribution >= 4 is 21.8 Å². The average Bonchev–Trinajstić information content (AvgIpc) is 3.23. The summed E-state index contributed by atoms with van der Waals surface area (Å²) < 4.78 is 53.6. The van der Waals surface area contributed by atoms with Crippen molar-refractivity contribution in [2.75, 3.05) is 73.0 Å². The van der Waals surface area contributed by atoms with Gasteiger partial charge in [0.1, 0.15) is 22.0 Å². The Hall–Kier alpha value is -1.31. The third-order valence-corrected chi connectivity index (χ3v) is 11.6. The Morgan fingerprint density at radius 3 is 2.19 bits per heavy atom. The molecule has 0 radical (unpaired) electrons. The lowest BCUT2D eigenvalue weighted by Crippen LogP contribution is -2.49. The molecule has 4 aliphatic rings. The number of carbonyl (C=O) groups excluding carboxylic acids is 2. The third-order valence-electron chi connectivity index (χ3n) is 9.88. The molecule has 4 bridgehead atoms. The molecule has 43 heavy (non-hydrogen) atoms. The standard InChI is InChI=1S/C31H54N2O9S/c1-38-27-21-24-22-28(29(27)39-2)40-19-4-7-25(42-31(35)23-8-10-26(11-9-23)43(3,36)37)12-16-33-14-5-13-32(17-18-33)15-6-20-41-30(24)34/h23-29H,4-22H2,1-3H3. The molecule has 4 rings (SSSR count). The van der Waals surface area contributed by atoms with Crippen LogP contribution in [0.15, 0.2) is 0 Å². The number of methoxy groups -OCH3 is 2. The smallest absolute Gasteiger partial charge is 0.309 e. The number of fused-ring (bicyclic) bond motifs is 5. The summed E-state index contributed by atoms with van der Waals surface area (Å²) in [4.78, 5) is 31.1. The molecule has 2 aliphatic carbocycles. The van der Waals surface area contributed by atoms with E-state index in [-0.39, 0.29) is 53.4 Å². The van der Waals surface area contributed by atoms with Gasteiger partial charge in [-0.15, -0.1) is 0 Å². The summed E-state index contributed by atoms with van der Waals surface area (Å²) in [5.41, 5.74) is 0. The number of hydrogen-bond acceptors (Lipinski definition) is 11. The number of esters is 2. The van der Waals surface area contributed by atoms with E-state index in [0.29, 0.717) is 64.6 Å². The van der Waals surface area contributed by atoms with E-state index in [0.717, 1.165) is 58.5 Å². The van der Waals surface area contributed by atoms with Gasteiger partial charge in [-0.05, 0) is 83.7 Å². The molecule has 0 amide bonds. The Bertz CT molecular complexity index is 988. The molecule has 0 aromatic carbocycles. The average molecular weight is 631 g/mol. The fourth-order valence-electron chi connectivity index (χ4n) is 7.23. The molecule has 12 heteroatoms. The molecule has 7 atom stereocenters. The van der Waals surface area contributed by atoms with Crippen LogP contribution in [-0.2, 0) is 43.1 Å². The van der Waals surface area contributed by atoms with E-state index in [1.807, 2.05) is 0 Å². The predicted molar refractivity (Wildman–Crippen MR) is 161 cm³/mol. The monoisotopic (exact) mass is 630 g/mol. The van der Waals surface area contributed by atoms with E-state index in [4.69, 9.17) is 23.7 Å². The Kier molecular flexibility index (Phi) is 13.5. The van der Waals surface area contributed by atoms with E-state index < -0.39 is 9.84 Å². The minimum atomic E-state index is -3.09. The van der Waals surface area contributed by atoms with E-state index in [1.54, 1.807) is 14.2 Å². The van der Waals surface area contributed by atoms with E-state index >= 15 is 0 Å². The molecule has 0 aromatic heterocycles. The Labute approximate surface area is 258 Å². The number of nitrogens with zero attached hydrogens (tertiary/aromatic N) is 2. The molecule has 248 valence electrons. The number of hydrogen-bond donors (Lipinski definition) is 0. The topological polar surface area (TPSA) is 121 Å². The first-order valence-corrected chi connectivity index (χ1v) is 18.3. The predicted octanol–water partition coefficient (Wildman–Crippen LogP) is 2.45. The van der Waals surface area contributed by atoms with Gasteiger partial charge in [0.2, 0.25) is 0 Å². The fourth-order valence-corrected chi connectivity index (χ4v) is 8.35. The summed E-state index contributed by atoms with van der Waals surface area (Å²) in [5, 5.41) is -0.355. The van der Waals surface area contributed by atoms with Crippen LogP contribution in [-0.4, -0.2) is 133 Å². The van der Waals surface area contributed by atoms with Gasteiger partial charge < -0.3 is 33.5 Å². The molecule has 2 heterocycles. The molecule has 0 aromatic rings. The summed E-state index contributed by atoms with van der Waals surface area (Å²) in [6, 6.07) is 0.